The van der Waals surface area contributed by atoms with E-state index >= 15 is 0 Å². The standard InChI is InChI=1S/C14H24N2/c1-14(2,3)12-5-10-16(11-12)13-6-8-15(4)9-7-13/h5,10-11,13H,6-9H2,1-4H3. The van der Waals surface area contributed by atoms with Crippen molar-refractivity contribution < 1.29 is 0 Å². The molecule has 0 saturated carbocycles. The molecule has 1 aliphatic rings. The predicted molar refractivity (Wildman–Crippen MR) is 68.9 cm³/mol. The van der Waals surface area contributed by atoms with Gasteiger partial charge in [0, 0.05) is 18.4 Å². The summed E-state index contributed by atoms with van der Waals surface area (Å²) >= 11 is 0. The molecule has 0 N–H and O–H groups in total. The van der Waals surface area contributed by atoms with Gasteiger partial charge in [0.1, 0.15) is 0 Å². The molecule has 0 unspecified atom stereocenters. The van der Waals surface area contributed by atoms with Crippen LogP contribution in [0.2, 0.25) is 0 Å². The fraction of sp³-hybridized carbons (Fsp3) is 0.714. The van der Waals surface area contributed by atoms with E-state index in [1.165, 1.54) is 31.5 Å². The van der Waals surface area contributed by atoms with Crippen molar-refractivity contribution in [1.82, 2.24) is 9.47 Å². The van der Waals surface area contributed by atoms with Gasteiger partial charge in [0.15, 0.2) is 0 Å². The fourth-order valence-electron chi connectivity index (χ4n) is 2.38. The van der Waals surface area contributed by atoms with Gasteiger partial charge in [0.25, 0.3) is 0 Å². The first-order chi connectivity index (χ1) is 7.47. The number of rotatable bonds is 1. The van der Waals surface area contributed by atoms with Crippen molar-refractivity contribution in [2.45, 2.75) is 45.1 Å². The van der Waals surface area contributed by atoms with Crippen LogP contribution in [-0.2, 0) is 5.41 Å². The van der Waals surface area contributed by atoms with Gasteiger partial charge in [0.05, 0.1) is 0 Å². The van der Waals surface area contributed by atoms with E-state index in [1.54, 1.807) is 0 Å². The molecule has 1 fully saturated rings. The average Bonchev–Trinajstić information content (AvgIpc) is 2.67. The quantitative estimate of drug-likeness (QED) is 0.706. The van der Waals surface area contributed by atoms with E-state index in [0.29, 0.717) is 6.04 Å². The number of hydrogen-bond donors (Lipinski definition) is 0. The lowest BCUT2D eigenvalue weighted by Crippen LogP contribution is -2.31. The minimum absolute atomic E-state index is 0.275. The molecule has 1 aliphatic heterocycles. The van der Waals surface area contributed by atoms with E-state index in [0.717, 1.165) is 0 Å². The second-order valence-electron chi connectivity index (χ2n) is 6.13. The molecule has 0 radical (unpaired) electrons. The lowest BCUT2D eigenvalue weighted by atomic mass is 9.89. The molecule has 0 spiro atoms. The molecule has 0 aromatic carbocycles. The maximum Gasteiger partial charge on any atom is 0.0355 e. The summed E-state index contributed by atoms with van der Waals surface area (Å²) in [5.74, 6) is 0. The van der Waals surface area contributed by atoms with Gasteiger partial charge in [0.2, 0.25) is 0 Å². The van der Waals surface area contributed by atoms with Gasteiger partial charge in [-0.15, -0.1) is 0 Å². The Labute approximate surface area is 99.3 Å². The molecule has 0 amide bonds. The van der Waals surface area contributed by atoms with Crippen molar-refractivity contribution in [2.24, 2.45) is 0 Å². The van der Waals surface area contributed by atoms with Gasteiger partial charge in [-0.2, -0.15) is 0 Å². The third-order valence-corrected chi connectivity index (χ3v) is 3.69. The minimum atomic E-state index is 0.275. The van der Waals surface area contributed by atoms with E-state index in [1.807, 2.05) is 0 Å². The van der Waals surface area contributed by atoms with Crippen molar-refractivity contribution >= 4 is 0 Å². The Bertz CT molecular complexity index is 338. The zero-order chi connectivity index (χ0) is 11.8. The van der Waals surface area contributed by atoms with E-state index in [2.05, 4.69) is 55.7 Å². The monoisotopic (exact) mass is 220 g/mol. The highest BCUT2D eigenvalue weighted by atomic mass is 15.1. The molecule has 90 valence electrons. The first-order valence-electron chi connectivity index (χ1n) is 6.33. The zero-order valence-electron chi connectivity index (χ0n) is 11.0. The third kappa shape index (κ3) is 2.49. The summed E-state index contributed by atoms with van der Waals surface area (Å²) in [6.45, 7) is 9.30. The molecule has 0 aliphatic carbocycles. The van der Waals surface area contributed by atoms with Crippen LogP contribution in [0.3, 0.4) is 0 Å². The highest BCUT2D eigenvalue weighted by molar-refractivity contribution is 5.20. The Morgan fingerprint density at radius 3 is 2.31 bits per heavy atom. The van der Waals surface area contributed by atoms with Crippen molar-refractivity contribution in [2.75, 3.05) is 20.1 Å². The zero-order valence-corrected chi connectivity index (χ0v) is 11.0. The largest absolute Gasteiger partial charge is 0.351 e. The average molecular weight is 220 g/mol. The van der Waals surface area contributed by atoms with E-state index in [4.69, 9.17) is 0 Å². The van der Waals surface area contributed by atoms with Gasteiger partial charge < -0.3 is 9.47 Å². The summed E-state index contributed by atoms with van der Waals surface area (Å²) in [4.78, 5) is 2.42. The number of aromatic nitrogens is 1. The molecule has 2 rings (SSSR count). The van der Waals surface area contributed by atoms with Gasteiger partial charge >= 0.3 is 0 Å². The highest BCUT2D eigenvalue weighted by Gasteiger charge is 2.20. The molecular formula is C14H24N2. The Hall–Kier alpha value is -0.760. The fourth-order valence-corrected chi connectivity index (χ4v) is 2.38. The minimum Gasteiger partial charge on any atom is -0.351 e. The van der Waals surface area contributed by atoms with Crippen LogP contribution in [0.15, 0.2) is 18.5 Å². The predicted octanol–water partition coefficient (Wildman–Crippen LogP) is 3.05. The van der Waals surface area contributed by atoms with Gasteiger partial charge in [-0.1, -0.05) is 20.8 Å². The maximum absolute atomic E-state index is 2.42. The van der Waals surface area contributed by atoms with Crippen molar-refractivity contribution in [1.29, 1.82) is 0 Å². The SMILES string of the molecule is CN1CCC(n2ccc(C(C)(C)C)c2)CC1. The maximum atomic E-state index is 2.42. The van der Waals surface area contributed by atoms with Crippen LogP contribution in [0.25, 0.3) is 0 Å². The smallest absolute Gasteiger partial charge is 0.0355 e. The van der Waals surface area contributed by atoms with Crippen molar-refractivity contribution in [3.05, 3.63) is 24.0 Å². The van der Waals surface area contributed by atoms with Crippen LogP contribution >= 0.6 is 0 Å². The highest BCUT2D eigenvalue weighted by Crippen LogP contribution is 2.27. The molecule has 0 bridgehead atoms. The second kappa shape index (κ2) is 4.25. The normalized spacial score (nSPS) is 20.2. The summed E-state index contributed by atoms with van der Waals surface area (Å²) in [5, 5.41) is 0. The topological polar surface area (TPSA) is 8.17 Å². The van der Waals surface area contributed by atoms with E-state index in [-0.39, 0.29) is 5.41 Å². The van der Waals surface area contributed by atoms with Crippen LogP contribution in [0.4, 0.5) is 0 Å². The Morgan fingerprint density at radius 1 is 1.19 bits per heavy atom. The third-order valence-electron chi connectivity index (χ3n) is 3.69. The summed E-state index contributed by atoms with van der Waals surface area (Å²) in [6, 6.07) is 2.99. The van der Waals surface area contributed by atoms with Crippen LogP contribution in [0.5, 0.6) is 0 Å². The van der Waals surface area contributed by atoms with Crippen molar-refractivity contribution in [3.8, 4) is 0 Å². The van der Waals surface area contributed by atoms with Gasteiger partial charge in [-0.05, 0) is 50.0 Å². The Kier molecular flexibility index (Phi) is 3.11. The number of piperidine rings is 1. The summed E-state index contributed by atoms with van der Waals surface area (Å²) < 4.78 is 2.42. The summed E-state index contributed by atoms with van der Waals surface area (Å²) in [6.07, 6.45) is 7.18. The number of likely N-dealkylation sites (tertiary alicyclic amines) is 1. The molecule has 0 atom stereocenters. The molecule has 2 heteroatoms. The lowest BCUT2D eigenvalue weighted by Gasteiger charge is -2.30. The first kappa shape index (κ1) is 11.7. The molecule has 1 aromatic heterocycles. The lowest BCUT2D eigenvalue weighted by molar-refractivity contribution is 0.221. The molecule has 1 aromatic rings. The van der Waals surface area contributed by atoms with Gasteiger partial charge in [-0.25, -0.2) is 0 Å². The summed E-state index contributed by atoms with van der Waals surface area (Å²) in [7, 11) is 2.21. The van der Waals surface area contributed by atoms with Crippen LogP contribution in [0.1, 0.15) is 45.2 Å². The molecule has 16 heavy (non-hydrogen) atoms. The first-order valence-corrected chi connectivity index (χ1v) is 6.33. The Balaban J connectivity index is 2.08. The second-order valence-corrected chi connectivity index (χ2v) is 6.13. The van der Waals surface area contributed by atoms with Crippen LogP contribution in [-0.4, -0.2) is 29.6 Å². The van der Waals surface area contributed by atoms with E-state index in [9.17, 15) is 0 Å². The van der Waals surface area contributed by atoms with Crippen LogP contribution < -0.4 is 0 Å². The molecule has 1 saturated heterocycles. The Morgan fingerprint density at radius 2 is 1.81 bits per heavy atom. The molecule has 2 heterocycles. The number of hydrogen-bond acceptors (Lipinski definition) is 1. The van der Waals surface area contributed by atoms with Gasteiger partial charge in [-0.3, -0.25) is 0 Å². The molecule has 2 nitrogen and oxygen atoms in total. The van der Waals surface area contributed by atoms with E-state index < -0.39 is 0 Å². The molecular weight excluding hydrogens is 196 g/mol. The van der Waals surface area contributed by atoms with Crippen molar-refractivity contribution in [3.63, 3.8) is 0 Å². The number of nitrogens with zero attached hydrogens (tertiary/aromatic N) is 2. The summed E-state index contributed by atoms with van der Waals surface area (Å²) in [5.41, 5.74) is 1.72. The van der Waals surface area contributed by atoms with Crippen LogP contribution in [0, 0.1) is 0 Å².